The summed E-state index contributed by atoms with van der Waals surface area (Å²) < 4.78 is 0. The van der Waals surface area contributed by atoms with E-state index in [-0.39, 0.29) is 0 Å². The molecule has 0 amide bonds. The van der Waals surface area contributed by atoms with Crippen LogP contribution >= 0.6 is 11.3 Å². The van der Waals surface area contributed by atoms with Crippen LogP contribution in [0, 0.1) is 6.92 Å². The lowest BCUT2D eigenvalue weighted by Crippen LogP contribution is -2.37. The molecule has 1 aromatic rings. The summed E-state index contributed by atoms with van der Waals surface area (Å²) in [5.41, 5.74) is 8.90. The molecule has 0 aliphatic rings. The van der Waals surface area contributed by atoms with Gasteiger partial charge >= 0.3 is 0 Å². The number of nitrogens with zero attached hydrogens (tertiary/aromatic N) is 2. The largest absolute Gasteiger partial charge is 0.329 e. The van der Waals surface area contributed by atoms with E-state index in [0.717, 1.165) is 18.8 Å². The highest BCUT2D eigenvalue weighted by Crippen LogP contribution is 2.16. The Hall–Kier alpha value is -0.450. The first-order valence-electron chi connectivity index (χ1n) is 5.98. The quantitative estimate of drug-likeness (QED) is 0.797. The average Bonchev–Trinajstić information content (AvgIpc) is 2.65. The summed E-state index contributed by atoms with van der Waals surface area (Å²) in [5, 5.41) is 0. The molecular weight excluding hydrogens is 218 g/mol. The molecule has 0 aliphatic heterocycles. The Morgan fingerprint density at radius 3 is 2.81 bits per heavy atom. The second-order valence-corrected chi connectivity index (χ2v) is 5.25. The van der Waals surface area contributed by atoms with Gasteiger partial charge in [0, 0.05) is 24.0 Å². The minimum atomic E-state index is 0.501. The van der Waals surface area contributed by atoms with E-state index in [1.807, 2.05) is 5.51 Å². The van der Waals surface area contributed by atoms with E-state index in [9.17, 15) is 0 Å². The second kappa shape index (κ2) is 6.99. The molecule has 2 N–H and O–H groups in total. The highest BCUT2D eigenvalue weighted by molar-refractivity contribution is 7.09. The molecule has 4 heteroatoms. The number of nitrogens with two attached hydrogens (primary N) is 1. The molecule has 1 atom stereocenters. The minimum Gasteiger partial charge on any atom is -0.329 e. The first kappa shape index (κ1) is 13.6. The molecule has 0 saturated heterocycles. The van der Waals surface area contributed by atoms with Crippen molar-refractivity contribution < 1.29 is 0 Å². The Labute approximate surface area is 103 Å². The van der Waals surface area contributed by atoms with E-state index >= 15 is 0 Å². The third-order valence-corrected chi connectivity index (χ3v) is 3.94. The minimum absolute atomic E-state index is 0.501. The van der Waals surface area contributed by atoms with Crippen molar-refractivity contribution in [2.75, 3.05) is 13.6 Å². The lowest BCUT2D eigenvalue weighted by molar-refractivity contribution is 0.225. The van der Waals surface area contributed by atoms with E-state index in [2.05, 4.69) is 30.8 Å². The van der Waals surface area contributed by atoms with E-state index < -0.39 is 0 Å². The fourth-order valence-corrected chi connectivity index (χ4v) is 2.63. The monoisotopic (exact) mass is 241 g/mol. The summed E-state index contributed by atoms with van der Waals surface area (Å²) >= 11 is 1.74. The smallest absolute Gasteiger partial charge is 0.0798 e. The molecule has 0 saturated carbocycles. The number of aromatic nitrogens is 1. The third kappa shape index (κ3) is 3.85. The van der Waals surface area contributed by atoms with Crippen LogP contribution in [0.3, 0.4) is 0 Å². The predicted octanol–water partition coefficient (Wildman–Crippen LogP) is 2.40. The summed E-state index contributed by atoms with van der Waals surface area (Å²) in [4.78, 5) is 7.99. The Kier molecular flexibility index (Phi) is 5.95. The molecule has 1 rings (SSSR count). The molecule has 1 heterocycles. The van der Waals surface area contributed by atoms with Gasteiger partial charge in [-0.1, -0.05) is 19.8 Å². The lowest BCUT2D eigenvalue weighted by Gasteiger charge is -2.26. The molecule has 0 fully saturated rings. The van der Waals surface area contributed by atoms with Crippen molar-refractivity contribution >= 4 is 11.3 Å². The Balaban J connectivity index is 2.49. The molecule has 1 unspecified atom stereocenters. The zero-order valence-electron chi connectivity index (χ0n) is 10.6. The maximum Gasteiger partial charge on any atom is 0.0798 e. The third-order valence-electron chi connectivity index (χ3n) is 3.02. The molecule has 0 bridgehead atoms. The van der Waals surface area contributed by atoms with Gasteiger partial charge in [0.1, 0.15) is 0 Å². The molecule has 1 aromatic heterocycles. The molecule has 0 aliphatic carbocycles. The number of thiazole rings is 1. The maximum atomic E-state index is 5.83. The van der Waals surface area contributed by atoms with Crippen molar-refractivity contribution in [1.82, 2.24) is 9.88 Å². The zero-order valence-corrected chi connectivity index (χ0v) is 11.4. The standard InChI is InChI=1S/C12H23N3S/c1-4-5-6-11(7-13)15(3)8-12-10(2)14-9-16-12/h9,11H,4-8,13H2,1-3H3. The van der Waals surface area contributed by atoms with Gasteiger partial charge in [0.15, 0.2) is 0 Å². The molecule has 92 valence electrons. The fraction of sp³-hybridized carbons (Fsp3) is 0.750. The second-order valence-electron chi connectivity index (χ2n) is 4.31. The van der Waals surface area contributed by atoms with Gasteiger partial charge in [-0.2, -0.15) is 0 Å². The Bertz CT molecular complexity index is 298. The van der Waals surface area contributed by atoms with Crippen LogP contribution in [0.15, 0.2) is 5.51 Å². The van der Waals surface area contributed by atoms with Crippen LogP contribution in [0.4, 0.5) is 0 Å². The molecule has 16 heavy (non-hydrogen) atoms. The summed E-state index contributed by atoms with van der Waals surface area (Å²) in [6.45, 7) is 6.01. The SMILES string of the molecule is CCCCC(CN)N(C)Cc1scnc1C. The van der Waals surface area contributed by atoms with Crippen LogP contribution in [-0.4, -0.2) is 29.5 Å². The van der Waals surface area contributed by atoms with Gasteiger partial charge in [0.05, 0.1) is 11.2 Å². The van der Waals surface area contributed by atoms with Crippen molar-refractivity contribution in [3.8, 4) is 0 Å². The summed E-state index contributed by atoms with van der Waals surface area (Å²) in [7, 11) is 2.16. The number of rotatable bonds is 7. The van der Waals surface area contributed by atoms with Crippen LogP contribution in [0.1, 0.15) is 36.8 Å². The van der Waals surface area contributed by atoms with Crippen molar-refractivity contribution in [1.29, 1.82) is 0 Å². The van der Waals surface area contributed by atoms with Gasteiger partial charge < -0.3 is 5.73 Å². The van der Waals surface area contributed by atoms with E-state index in [1.165, 1.54) is 24.1 Å². The number of aryl methyl sites for hydroxylation is 1. The normalized spacial score (nSPS) is 13.3. The molecule has 0 radical (unpaired) electrons. The highest BCUT2D eigenvalue weighted by atomic mass is 32.1. The predicted molar refractivity (Wildman–Crippen MR) is 70.7 cm³/mol. The Morgan fingerprint density at radius 2 is 2.31 bits per heavy atom. The lowest BCUT2D eigenvalue weighted by atomic mass is 10.1. The zero-order chi connectivity index (χ0) is 12.0. The topological polar surface area (TPSA) is 42.1 Å². The molecule has 0 spiro atoms. The first-order chi connectivity index (χ1) is 7.69. The van der Waals surface area contributed by atoms with Gasteiger partial charge in [0.25, 0.3) is 0 Å². The number of hydrogen-bond donors (Lipinski definition) is 1. The van der Waals surface area contributed by atoms with Crippen LogP contribution in [-0.2, 0) is 6.54 Å². The average molecular weight is 241 g/mol. The Morgan fingerprint density at radius 1 is 1.56 bits per heavy atom. The van der Waals surface area contributed by atoms with Gasteiger partial charge in [0.2, 0.25) is 0 Å². The molecule has 3 nitrogen and oxygen atoms in total. The van der Waals surface area contributed by atoms with E-state index in [1.54, 1.807) is 11.3 Å². The number of likely N-dealkylation sites (N-methyl/N-ethyl adjacent to an activating group) is 1. The van der Waals surface area contributed by atoms with Gasteiger partial charge in [-0.25, -0.2) is 4.98 Å². The van der Waals surface area contributed by atoms with Crippen molar-refractivity contribution in [3.63, 3.8) is 0 Å². The van der Waals surface area contributed by atoms with Gasteiger partial charge in [-0.3, -0.25) is 4.90 Å². The van der Waals surface area contributed by atoms with Crippen LogP contribution in [0.5, 0.6) is 0 Å². The van der Waals surface area contributed by atoms with Gasteiger partial charge in [-0.05, 0) is 20.4 Å². The van der Waals surface area contributed by atoms with Crippen LogP contribution < -0.4 is 5.73 Å². The van der Waals surface area contributed by atoms with Crippen molar-refractivity contribution in [2.45, 2.75) is 45.7 Å². The van der Waals surface area contributed by atoms with Gasteiger partial charge in [-0.15, -0.1) is 11.3 Å². The summed E-state index contributed by atoms with van der Waals surface area (Å²) in [6, 6.07) is 0.501. The summed E-state index contributed by atoms with van der Waals surface area (Å²) in [6.07, 6.45) is 3.69. The number of hydrogen-bond acceptors (Lipinski definition) is 4. The number of unbranched alkanes of at least 4 members (excludes halogenated alkanes) is 1. The molecular formula is C12H23N3S. The van der Waals surface area contributed by atoms with E-state index in [0.29, 0.717) is 6.04 Å². The fourth-order valence-electron chi connectivity index (χ4n) is 1.79. The van der Waals surface area contributed by atoms with Crippen molar-refractivity contribution in [2.24, 2.45) is 5.73 Å². The highest BCUT2D eigenvalue weighted by Gasteiger charge is 2.14. The molecule has 0 aromatic carbocycles. The maximum absolute atomic E-state index is 5.83. The van der Waals surface area contributed by atoms with Crippen molar-refractivity contribution in [3.05, 3.63) is 16.1 Å². The van der Waals surface area contributed by atoms with Crippen LogP contribution in [0.25, 0.3) is 0 Å². The summed E-state index contributed by atoms with van der Waals surface area (Å²) in [5.74, 6) is 0. The van der Waals surface area contributed by atoms with Crippen LogP contribution in [0.2, 0.25) is 0 Å². The van der Waals surface area contributed by atoms with E-state index in [4.69, 9.17) is 5.73 Å². The first-order valence-corrected chi connectivity index (χ1v) is 6.86.